The van der Waals surface area contributed by atoms with Gasteiger partial charge >= 0.3 is 0 Å². The molecule has 0 aliphatic rings. The van der Waals surface area contributed by atoms with E-state index >= 15 is 0 Å². The first-order chi connectivity index (χ1) is 7.95. The lowest BCUT2D eigenvalue weighted by molar-refractivity contribution is -0.384. The molecule has 0 saturated heterocycles. The number of carbonyl (C=O) groups excluding carboxylic acids is 1. The van der Waals surface area contributed by atoms with Crippen molar-refractivity contribution < 1.29 is 14.8 Å². The Morgan fingerprint density at radius 3 is 2.82 bits per heavy atom. The van der Waals surface area contributed by atoms with Crippen LogP contribution in [0.4, 0.5) is 5.69 Å². The van der Waals surface area contributed by atoms with E-state index in [0.29, 0.717) is 6.54 Å². The van der Waals surface area contributed by atoms with Crippen LogP contribution in [0.15, 0.2) is 12.3 Å². The first-order valence-corrected chi connectivity index (χ1v) is 5.26. The second-order valence-electron chi connectivity index (χ2n) is 3.69. The number of aryl methyl sites for hydroxylation is 1. The van der Waals surface area contributed by atoms with Gasteiger partial charge in [0.15, 0.2) is 0 Å². The number of aliphatic hydroxyl groups is 1. The van der Waals surface area contributed by atoms with Crippen LogP contribution in [-0.2, 0) is 6.54 Å². The third-order valence-corrected chi connectivity index (χ3v) is 2.22. The van der Waals surface area contributed by atoms with Crippen molar-refractivity contribution >= 4 is 11.6 Å². The zero-order valence-corrected chi connectivity index (χ0v) is 9.71. The second-order valence-corrected chi connectivity index (χ2v) is 3.69. The molecule has 1 aromatic rings. The topological polar surface area (TPSA) is 97.4 Å². The zero-order valence-electron chi connectivity index (χ0n) is 9.71. The van der Waals surface area contributed by atoms with Gasteiger partial charge in [-0.25, -0.2) is 0 Å². The van der Waals surface area contributed by atoms with Crippen LogP contribution in [-0.4, -0.2) is 33.2 Å². The van der Waals surface area contributed by atoms with Crippen molar-refractivity contribution in [3.63, 3.8) is 0 Å². The summed E-state index contributed by atoms with van der Waals surface area (Å²) in [7, 11) is 0. The van der Waals surface area contributed by atoms with Crippen molar-refractivity contribution in [2.75, 3.05) is 6.54 Å². The molecule has 1 amide bonds. The van der Waals surface area contributed by atoms with Crippen molar-refractivity contribution in [2.24, 2.45) is 0 Å². The molecule has 7 nitrogen and oxygen atoms in total. The van der Waals surface area contributed by atoms with Crippen molar-refractivity contribution in [1.29, 1.82) is 0 Å². The Bertz CT molecular complexity index is 425. The fourth-order valence-electron chi connectivity index (χ4n) is 1.38. The summed E-state index contributed by atoms with van der Waals surface area (Å²) in [6, 6.07) is 1.22. The third kappa shape index (κ3) is 3.28. The molecule has 1 unspecified atom stereocenters. The van der Waals surface area contributed by atoms with Crippen molar-refractivity contribution in [2.45, 2.75) is 26.5 Å². The highest BCUT2D eigenvalue weighted by Gasteiger charge is 2.18. The maximum atomic E-state index is 11.7. The minimum atomic E-state index is -0.654. The fraction of sp³-hybridized carbons (Fsp3) is 0.500. The maximum absolute atomic E-state index is 11.7. The number of aromatic nitrogens is 1. The molecule has 1 atom stereocenters. The molecule has 0 fully saturated rings. The van der Waals surface area contributed by atoms with Gasteiger partial charge in [-0.1, -0.05) is 0 Å². The van der Waals surface area contributed by atoms with E-state index in [4.69, 9.17) is 5.11 Å². The van der Waals surface area contributed by atoms with E-state index in [9.17, 15) is 14.9 Å². The molecule has 94 valence electrons. The highest BCUT2D eigenvalue weighted by atomic mass is 16.6. The van der Waals surface area contributed by atoms with Crippen LogP contribution in [0.3, 0.4) is 0 Å². The van der Waals surface area contributed by atoms with Gasteiger partial charge in [0.1, 0.15) is 5.69 Å². The van der Waals surface area contributed by atoms with E-state index in [0.717, 1.165) is 0 Å². The molecule has 1 aromatic heterocycles. The first kappa shape index (κ1) is 13.2. The van der Waals surface area contributed by atoms with Gasteiger partial charge in [-0.15, -0.1) is 0 Å². The molecule has 1 rings (SSSR count). The molecule has 17 heavy (non-hydrogen) atoms. The van der Waals surface area contributed by atoms with E-state index in [1.807, 2.05) is 0 Å². The Balaban J connectivity index is 2.88. The lowest BCUT2D eigenvalue weighted by atomic mass is 10.3. The molecule has 2 N–H and O–H groups in total. The van der Waals surface area contributed by atoms with Crippen LogP contribution in [0.2, 0.25) is 0 Å². The van der Waals surface area contributed by atoms with Gasteiger partial charge in [-0.05, 0) is 13.8 Å². The monoisotopic (exact) mass is 241 g/mol. The van der Waals surface area contributed by atoms with E-state index in [1.54, 1.807) is 13.8 Å². The lowest BCUT2D eigenvalue weighted by Gasteiger charge is -2.08. The molecule has 7 heteroatoms. The highest BCUT2D eigenvalue weighted by molar-refractivity contribution is 5.93. The first-order valence-electron chi connectivity index (χ1n) is 5.26. The molecular weight excluding hydrogens is 226 g/mol. The van der Waals surface area contributed by atoms with Crippen LogP contribution in [0.1, 0.15) is 24.3 Å². The molecule has 0 radical (unpaired) electrons. The summed E-state index contributed by atoms with van der Waals surface area (Å²) in [5.74, 6) is -0.430. The average Bonchev–Trinajstić information content (AvgIpc) is 2.69. The van der Waals surface area contributed by atoms with Crippen LogP contribution in [0.5, 0.6) is 0 Å². The quantitative estimate of drug-likeness (QED) is 0.580. The van der Waals surface area contributed by atoms with Crippen LogP contribution >= 0.6 is 0 Å². The lowest BCUT2D eigenvalue weighted by Crippen LogP contribution is -2.31. The Hall–Kier alpha value is -1.89. The summed E-state index contributed by atoms with van der Waals surface area (Å²) in [5.41, 5.74) is 0.105. The Kier molecular flexibility index (Phi) is 4.22. The number of nitrogens with one attached hydrogen (secondary N) is 1. The summed E-state index contributed by atoms with van der Waals surface area (Å²) < 4.78 is 1.50. The van der Waals surface area contributed by atoms with Gasteiger partial charge in [-0.3, -0.25) is 14.9 Å². The van der Waals surface area contributed by atoms with E-state index in [-0.39, 0.29) is 17.9 Å². The molecule has 0 spiro atoms. The van der Waals surface area contributed by atoms with E-state index in [1.165, 1.54) is 16.8 Å². The zero-order chi connectivity index (χ0) is 13.0. The molecule has 1 heterocycles. The molecule has 0 aliphatic heterocycles. The SMILES string of the molecule is CCn1cc([N+](=O)[O-])cc1C(=O)NCC(C)O. The number of amides is 1. The van der Waals surface area contributed by atoms with Crippen molar-refractivity contribution in [3.8, 4) is 0 Å². The largest absolute Gasteiger partial charge is 0.392 e. The smallest absolute Gasteiger partial charge is 0.287 e. The molecule has 0 saturated carbocycles. The summed E-state index contributed by atoms with van der Waals surface area (Å²) in [6.07, 6.45) is 0.663. The number of hydrogen-bond acceptors (Lipinski definition) is 4. The predicted octanol–water partition coefficient (Wildman–Crippen LogP) is 0.527. The standard InChI is InChI=1S/C10H15N3O4/c1-3-12-6-8(13(16)17)4-9(12)10(15)11-5-7(2)14/h4,6-7,14H,3,5H2,1-2H3,(H,11,15). The van der Waals surface area contributed by atoms with E-state index in [2.05, 4.69) is 5.32 Å². The van der Waals surface area contributed by atoms with Gasteiger partial charge in [0.2, 0.25) is 0 Å². The number of nitrogens with zero attached hydrogens (tertiary/aromatic N) is 2. The van der Waals surface area contributed by atoms with Crippen molar-refractivity contribution in [3.05, 3.63) is 28.1 Å². The van der Waals surface area contributed by atoms with Gasteiger partial charge < -0.3 is 15.0 Å². The van der Waals surface area contributed by atoms with Crippen LogP contribution in [0, 0.1) is 10.1 Å². The summed E-state index contributed by atoms with van der Waals surface area (Å²) in [6.45, 7) is 3.91. The molecular formula is C10H15N3O4. The van der Waals surface area contributed by atoms with Crippen LogP contribution in [0.25, 0.3) is 0 Å². The maximum Gasteiger partial charge on any atom is 0.287 e. The Morgan fingerprint density at radius 1 is 1.71 bits per heavy atom. The summed E-state index contributed by atoms with van der Waals surface area (Å²) >= 11 is 0. The highest BCUT2D eigenvalue weighted by Crippen LogP contribution is 2.16. The van der Waals surface area contributed by atoms with Gasteiger partial charge in [0, 0.05) is 19.2 Å². The predicted molar refractivity (Wildman–Crippen MR) is 60.8 cm³/mol. The summed E-state index contributed by atoms with van der Waals surface area (Å²) in [5, 5.41) is 22.1. The van der Waals surface area contributed by atoms with Gasteiger partial charge in [-0.2, -0.15) is 0 Å². The van der Waals surface area contributed by atoms with E-state index < -0.39 is 16.9 Å². The molecule has 0 aliphatic carbocycles. The average molecular weight is 241 g/mol. The normalized spacial score (nSPS) is 12.2. The number of aliphatic hydroxyl groups excluding tert-OH is 1. The molecule has 0 aromatic carbocycles. The Labute approximate surface area is 98.2 Å². The van der Waals surface area contributed by atoms with Crippen LogP contribution < -0.4 is 5.32 Å². The third-order valence-electron chi connectivity index (χ3n) is 2.22. The number of nitro groups is 1. The molecule has 0 bridgehead atoms. The van der Waals surface area contributed by atoms with Gasteiger partial charge in [0.05, 0.1) is 17.2 Å². The fourth-order valence-corrected chi connectivity index (χ4v) is 1.38. The Morgan fingerprint density at radius 2 is 2.35 bits per heavy atom. The minimum Gasteiger partial charge on any atom is -0.392 e. The number of hydrogen-bond donors (Lipinski definition) is 2. The summed E-state index contributed by atoms with van der Waals surface area (Å²) in [4.78, 5) is 21.7. The number of rotatable bonds is 5. The number of carbonyl (C=O) groups is 1. The second kappa shape index (κ2) is 5.44. The van der Waals surface area contributed by atoms with Crippen molar-refractivity contribution in [1.82, 2.24) is 9.88 Å². The van der Waals surface area contributed by atoms with Gasteiger partial charge in [0.25, 0.3) is 11.6 Å². The minimum absolute atomic E-state index is 0.113.